The van der Waals surface area contributed by atoms with Crippen LogP contribution in [0.15, 0.2) is 0 Å². The molecule has 0 aromatic carbocycles. The minimum Gasteiger partial charge on any atom is -0.337 e. The van der Waals surface area contributed by atoms with Gasteiger partial charge in [0.05, 0.1) is 5.54 Å². The molecule has 1 amide bonds. The lowest BCUT2D eigenvalue weighted by molar-refractivity contribution is -0.158. The minimum absolute atomic E-state index is 0.0251. The van der Waals surface area contributed by atoms with Gasteiger partial charge in [-0.3, -0.25) is 9.69 Å². The molecule has 0 bridgehead atoms. The van der Waals surface area contributed by atoms with Crippen molar-refractivity contribution in [2.45, 2.75) is 58.2 Å². The van der Waals surface area contributed by atoms with Gasteiger partial charge in [0.1, 0.15) is 0 Å². The normalized spacial score (nSPS) is 25.2. The molecule has 0 atom stereocenters. The second kappa shape index (κ2) is 3.95. The zero-order valence-electron chi connectivity index (χ0n) is 12.3. The van der Waals surface area contributed by atoms with Crippen LogP contribution in [0, 0.1) is 0 Å². The Labute approximate surface area is 105 Å². The van der Waals surface area contributed by atoms with E-state index < -0.39 is 5.54 Å². The number of nitrogens with two attached hydrogens (primary N) is 1. The number of amides is 1. The average Bonchev–Trinajstić information content (AvgIpc) is 2.09. The molecule has 1 heterocycles. The van der Waals surface area contributed by atoms with Gasteiger partial charge in [-0.05, 0) is 48.6 Å². The van der Waals surface area contributed by atoms with Gasteiger partial charge in [-0.15, -0.1) is 0 Å². The van der Waals surface area contributed by atoms with Gasteiger partial charge in [0.2, 0.25) is 5.91 Å². The van der Waals surface area contributed by atoms with Crippen LogP contribution in [-0.4, -0.2) is 52.5 Å². The molecule has 1 rings (SSSR count). The van der Waals surface area contributed by atoms with Crippen LogP contribution in [0.25, 0.3) is 0 Å². The molecule has 0 radical (unpaired) electrons. The number of rotatable bonds is 2. The molecule has 0 spiro atoms. The van der Waals surface area contributed by atoms with Gasteiger partial charge in [0.25, 0.3) is 0 Å². The van der Waals surface area contributed by atoms with Gasteiger partial charge < -0.3 is 10.6 Å². The molecule has 1 aliphatic rings. The topological polar surface area (TPSA) is 49.6 Å². The predicted octanol–water partition coefficient (Wildman–Crippen LogP) is 1.05. The van der Waals surface area contributed by atoms with Crippen molar-refractivity contribution in [1.82, 2.24) is 9.80 Å². The summed E-state index contributed by atoms with van der Waals surface area (Å²) in [6, 6.07) is 0. The summed E-state index contributed by atoms with van der Waals surface area (Å²) in [6.45, 7) is 13.5. The number of carbonyl (C=O) groups is 1. The van der Waals surface area contributed by atoms with Crippen molar-refractivity contribution in [3.63, 3.8) is 0 Å². The molecule has 4 heteroatoms. The van der Waals surface area contributed by atoms with E-state index in [0.29, 0.717) is 6.54 Å². The Hall–Kier alpha value is -0.610. The van der Waals surface area contributed by atoms with Crippen LogP contribution in [0.4, 0.5) is 0 Å². The smallest absolute Gasteiger partial charge is 0.242 e. The molecule has 1 saturated heterocycles. The Bertz CT molecular complexity index is 315. The van der Waals surface area contributed by atoms with Crippen LogP contribution in [0.5, 0.6) is 0 Å². The quantitative estimate of drug-likeness (QED) is 0.786. The maximum absolute atomic E-state index is 12.5. The van der Waals surface area contributed by atoms with Crippen molar-refractivity contribution >= 4 is 5.91 Å². The molecule has 100 valence electrons. The van der Waals surface area contributed by atoms with E-state index in [1.54, 1.807) is 0 Å². The molecule has 1 fully saturated rings. The van der Waals surface area contributed by atoms with Crippen molar-refractivity contribution in [2.24, 2.45) is 5.73 Å². The number of nitrogens with zero attached hydrogens (tertiary/aromatic N) is 2. The Balaban J connectivity index is 3.00. The van der Waals surface area contributed by atoms with Crippen molar-refractivity contribution in [1.29, 1.82) is 0 Å². The Morgan fingerprint density at radius 1 is 1.29 bits per heavy atom. The van der Waals surface area contributed by atoms with Crippen LogP contribution < -0.4 is 5.73 Å². The number of piperazine rings is 1. The first-order valence-electron chi connectivity index (χ1n) is 6.20. The van der Waals surface area contributed by atoms with E-state index in [0.717, 1.165) is 6.54 Å². The first-order valence-corrected chi connectivity index (χ1v) is 6.20. The van der Waals surface area contributed by atoms with Gasteiger partial charge in [0.15, 0.2) is 0 Å². The number of likely N-dealkylation sites (N-methyl/N-ethyl adjacent to an activating group) is 1. The van der Waals surface area contributed by atoms with Gasteiger partial charge in [-0.25, -0.2) is 0 Å². The maximum Gasteiger partial charge on any atom is 0.242 e. The maximum atomic E-state index is 12.5. The largest absolute Gasteiger partial charge is 0.337 e. The molecule has 17 heavy (non-hydrogen) atoms. The third-order valence-electron chi connectivity index (χ3n) is 3.73. The number of hydrogen-bond acceptors (Lipinski definition) is 3. The van der Waals surface area contributed by atoms with Gasteiger partial charge in [-0.2, -0.15) is 0 Å². The summed E-state index contributed by atoms with van der Waals surface area (Å²) in [6.07, 6.45) is 0. The van der Waals surface area contributed by atoms with E-state index in [-0.39, 0.29) is 17.0 Å². The lowest BCUT2D eigenvalue weighted by Gasteiger charge is -2.54. The first kappa shape index (κ1) is 14.5. The van der Waals surface area contributed by atoms with Crippen LogP contribution in [0.3, 0.4) is 0 Å². The van der Waals surface area contributed by atoms with Crippen molar-refractivity contribution in [3.05, 3.63) is 0 Å². The fourth-order valence-electron chi connectivity index (χ4n) is 2.55. The third-order valence-corrected chi connectivity index (χ3v) is 3.73. The summed E-state index contributed by atoms with van der Waals surface area (Å²) in [4.78, 5) is 16.5. The Kier molecular flexibility index (Phi) is 3.36. The zero-order chi connectivity index (χ0) is 13.6. The number of hydrogen-bond donors (Lipinski definition) is 1. The fourth-order valence-corrected chi connectivity index (χ4v) is 2.55. The van der Waals surface area contributed by atoms with Crippen molar-refractivity contribution in [2.75, 3.05) is 20.1 Å². The van der Waals surface area contributed by atoms with E-state index in [2.05, 4.69) is 18.7 Å². The van der Waals surface area contributed by atoms with Gasteiger partial charge in [-0.1, -0.05) is 0 Å². The SMILES string of the molecule is CN1C(C)(C)CN(CC(C)(C)N)C(=O)C1(C)C. The summed E-state index contributed by atoms with van der Waals surface area (Å²) in [5.41, 5.74) is 5.19. The summed E-state index contributed by atoms with van der Waals surface area (Å²) in [5.74, 6) is 0.165. The van der Waals surface area contributed by atoms with Gasteiger partial charge >= 0.3 is 0 Å². The van der Waals surface area contributed by atoms with E-state index in [9.17, 15) is 4.79 Å². The molecule has 0 aromatic heterocycles. The fraction of sp³-hybridized carbons (Fsp3) is 0.923. The van der Waals surface area contributed by atoms with Crippen LogP contribution in [0.2, 0.25) is 0 Å². The highest BCUT2D eigenvalue weighted by atomic mass is 16.2. The molecule has 0 aliphatic carbocycles. The average molecular weight is 241 g/mol. The molecular formula is C13H27N3O. The predicted molar refractivity (Wildman–Crippen MR) is 70.8 cm³/mol. The second-order valence-electron chi connectivity index (χ2n) is 7.08. The Morgan fingerprint density at radius 2 is 1.76 bits per heavy atom. The molecule has 0 unspecified atom stereocenters. The highest BCUT2D eigenvalue weighted by Crippen LogP contribution is 2.31. The monoisotopic (exact) mass is 241 g/mol. The zero-order valence-corrected chi connectivity index (χ0v) is 12.3. The van der Waals surface area contributed by atoms with Crippen LogP contribution in [-0.2, 0) is 4.79 Å². The highest BCUT2D eigenvalue weighted by molar-refractivity contribution is 5.86. The summed E-state index contributed by atoms with van der Waals surface area (Å²) in [5, 5.41) is 0. The lowest BCUT2D eigenvalue weighted by Crippen LogP contribution is -2.71. The summed E-state index contributed by atoms with van der Waals surface area (Å²) in [7, 11) is 2.02. The van der Waals surface area contributed by atoms with Crippen molar-refractivity contribution in [3.8, 4) is 0 Å². The lowest BCUT2D eigenvalue weighted by atomic mass is 9.87. The Morgan fingerprint density at radius 3 is 2.18 bits per heavy atom. The van der Waals surface area contributed by atoms with E-state index in [4.69, 9.17) is 5.73 Å². The second-order valence-corrected chi connectivity index (χ2v) is 7.08. The third kappa shape index (κ3) is 2.80. The molecule has 1 aliphatic heterocycles. The van der Waals surface area contributed by atoms with E-state index >= 15 is 0 Å². The molecule has 2 N–H and O–H groups in total. The summed E-state index contributed by atoms with van der Waals surface area (Å²) < 4.78 is 0. The highest BCUT2D eigenvalue weighted by Gasteiger charge is 2.48. The van der Waals surface area contributed by atoms with Crippen LogP contribution >= 0.6 is 0 Å². The van der Waals surface area contributed by atoms with Gasteiger partial charge in [0, 0.05) is 24.2 Å². The molecular weight excluding hydrogens is 214 g/mol. The minimum atomic E-state index is -0.465. The standard InChI is InChI=1S/C13H27N3O/c1-11(2,14)8-16-9-12(3,4)15(7)13(5,6)10(16)17/h8-9,14H2,1-7H3. The molecule has 4 nitrogen and oxygen atoms in total. The van der Waals surface area contributed by atoms with E-state index in [1.165, 1.54) is 0 Å². The first-order chi connectivity index (χ1) is 7.38. The molecule has 0 saturated carbocycles. The van der Waals surface area contributed by atoms with Crippen molar-refractivity contribution < 1.29 is 4.79 Å². The van der Waals surface area contributed by atoms with Crippen LogP contribution in [0.1, 0.15) is 41.5 Å². The summed E-state index contributed by atoms with van der Waals surface area (Å²) >= 11 is 0. The molecule has 0 aromatic rings. The number of carbonyl (C=O) groups excluding carboxylic acids is 1. The van der Waals surface area contributed by atoms with E-state index in [1.807, 2.05) is 39.6 Å².